The van der Waals surface area contributed by atoms with Crippen LogP contribution in [0.4, 0.5) is 0 Å². The highest BCUT2D eigenvalue weighted by Crippen LogP contribution is 2.25. The average Bonchev–Trinajstić information content (AvgIpc) is 3.07. The second-order valence-electron chi connectivity index (χ2n) is 5.53. The minimum absolute atomic E-state index is 0.0440. The smallest absolute Gasteiger partial charge is 0.258 e. The Morgan fingerprint density at radius 3 is 2.80 bits per heavy atom. The monoisotopic (exact) mass is 300 g/mol. The lowest BCUT2D eigenvalue weighted by Crippen LogP contribution is -2.47. The van der Waals surface area contributed by atoms with Crippen molar-refractivity contribution in [3.63, 3.8) is 0 Å². The molecule has 2 saturated carbocycles. The number of ether oxygens (including phenoxy) is 1. The second kappa shape index (κ2) is 5.44. The van der Waals surface area contributed by atoms with E-state index in [2.05, 4.69) is 20.2 Å². The predicted octanol–water partition coefficient (Wildman–Crippen LogP) is 0.117. The number of sulfonamides is 1. The van der Waals surface area contributed by atoms with E-state index in [-0.39, 0.29) is 17.2 Å². The molecular weight excluding hydrogens is 280 g/mol. The van der Waals surface area contributed by atoms with Crippen LogP contribution < -0.4 is 10.0 Å². The molecule has 7 nitrogen and oxygen atoms in total. The fourth-order valence-electron chi connectivity index (χ4n) is 2.33. The van der Waals surface area contributed by atoms with Crippen LogP contribution in [0.3, 0.4) is 0 Å². The van der Waals surface area contributed by atoms with E-state index in [1.54, 1.807) is 13.3 Å². The molecule has 3 rings (SSSR count). The highest BCUT2D eigenvalue weighted by atomic mass is 32.2. The van der Waals surface area contributed by atoms with Gasteiger partial charge in [-0.25, -0.2) is 13.1 Å². The summed E-state index contributed by atoms with van der Waals surface area (Å²) in [7, 11) is -1.89. The summed E-state index contributed by atoms with van der Waals surface area (Å²) in [4.78, 5) is 0. The molecule has 0 atom stereocenters. The lowest BCUT2D eigenvalue weighted by atomic mass is 9.90. The Balaban J connectivity index is 1.63. The molecule has 1 aromatic heterocycles. The largest absolute Gasteiger partial charge is 0.381 e. The lowest BCUT2D eigenvalue weighted by Gasteiger charge is -2.34. The van der Waals surface area contributed by atoms with Crippen LogP contribution in [0.15, 0.2) is 11.2 Å². The number of H-pyrrole nitrogens is 1. The summed E-state index contributed by atoms with van der Waals surface area (Å²) >= 11 is 0. The van der Waals surface area contributed by atoms with Gasteiger partial charge in [0, 0.05) is 31.3 Å². The number of methoxy groups -OCH3 is 1. The minimum atomic E-state index is -3.53. The van der Waals surface area contributed by atoms with Crippen LogP contribution in [0, 0.1) is 0 Å². The van der Waals surface area contributed by atoms with Gasteiger partial charge in [-0.05, 0) is 25.7 Å². The fourth-order valence-corrected chi connectivity index (χ4v) is 3.72. The van der Waals surface area contributed by atoms with Crippen molar-refractivity contribution < 1.29 is 13.2 Å². The lowest BCUT2D eigenvalue weighted by molar-refractivity contribution is 0.0236. The van der Waals surface area contributed by atoms with Crippen molar-refractivity contribution in [1.29, 1.82) is 0 Å². The molecule has 20 heavy (non-hydrogen) atoms. The second-order valence-corrected chi connectivity index (χ2v) is 7.18. The van der Waals surface area contributed by atoms with Crippen LogP contribution >= 0.6 is 0 Å². The van der Waals surface area contributed by atoms with E-state index in [1.807, 2.05) is 0 Å². The van der Waals surface area contributed by atoms with Gasteiger partial charge in [-0.2, -0.15) is 5.10 Å². The SMILES string of the molecule is COC1CC(NS(=O)(=O)c2[nH]ncc2CNC2CC2)C1. The van der Waals surface area contributed by atoms with Crippen molar-refractivity contribution in [2.45, 2.75) is 55.4 Å². The third-order valence-corrected chi connectivity index (χ3v) is 5.39. The van der Waals surface area contributed by atoms with E-state index in [1.165, 1.54) is 12.8 Å². The molecule has 0 amide bonds. The summed E-state index contributed by atoms with van der Waals surface area (Å²) in [6, 6.07) is 0.486. The first-order chi connectivity index (χ1) is 9.58. The van der Waals surface area contributed by atoms with Crippen molar-refractivity contribution in [2.24, 2.45) is 0 Å². The van der Waals surface area contributed by atoms with Crippen molar-refractivity contribution in [3.05, 3.63) is 11.8 Å². The highest BCUT2D eigenvalue weighted by molar-refractivity contribution is 7.89. The van der Waals surface area contributed by atoms with Crippen molar-refractivity contribution in [2.75, 3.05) is 7.11 Å². The molecule has 112 valence electrons. The van der Waals surface area contributed by atoms with Crippen LogP contribution in [0.5, 0.6) is 0 Å². The number of nitrogens with zero attached hydrogens (tertiary/aromatic N) is 1. The average molecular weight is 300 g/mol. The maximum Gasteiger partial charge on any atom is 0.258 e. The molecular formula is C12H20N4O3S. The molecule has 1 heterocycles. The third kappa shape index (κ3) is 3.03. The summed E-state index contributed by atoms with van der Waals surface area (Å²) in [5.74, 6) is 0. The molecule has 0 aliphatic heterocycles. The molecule has 2 fully saturated rings. The first kappa shape index (κ1) is 14.0. The summed E-state index contributed by atoms with van der Waals surface area (Å²) in [6.45, 7) is 0.531. The Morgan fingerprint density at radius 1 is 1.40 bits per heavy atom. The molecule has 3 N–H and O–H groups in total. The highest BCUT2D eigenvalue weighted by Gasteiger charge is 2.34. The van der Waals surface area contributed by atoms with Crippen LogP contribution in [0.2, 0.25) is 0 Å². The summed E-state index contributed by atoms with van der Waals surface area (Å²) in [6.07, 6.45) is 5.51. The van der Waals surface area contributed by atoms with Gasteiger partial charge in [0.2, 0.25) is 0 Å². The molecule has 0 saturated heterocycles. The van der Waals surface area contributed by atoms with Crippen LogP contribution in [-0.2, 0) is 21.3 Å². The molecule has 0 aromatic carbocycles. The number of nitrogens with one attached hydrogen (secondary N) is 3. The fraction of sp³-hybridized carbons (Fsp3) is 0.750. The van der Waals surface area contributed by atoms with Gasteiger partial charge in [0.1, 0.15) is 0 Å². The summed E-state index contributed by atoms with van der Waals surface area (Å²) < 4.78 is 32.5. The molecule has 0 radical (unpaired) electrons. The zero-order valence-electron chi connectivity index (χ0n) is 11.4. The summed E-state index contributed by atoms with van der Waals surface area (Å²) in [5.41, 5.74) is 0.687. The standard InChI is InChI=1S/C12H20N4O3S/c1-19-11-4-10(5-11)16-20(17,18)12-8(7-14-15-12)6-13-9-2-3-9/h7,9-11,13,16H,2-6H2,1H3,(H,14,15). The Bertz CT molecular complexity index is 561. The topological polar surface area (TPSA) is 96.1 Å². The normalized spacial score (nSPS) is 26.4. The first-order valence-corrected chi connectivity index (χ1v) is 8.37. The van der Waals surface area contributed by atoms with Crippen LogP contribution in [0.1, 0.15) is 31.2 Å². The van der Waals surface area contributed by atoms with E-state index in [9.17, 15) is 8.42 Å². The van der Waals surface area contributed by atoms with Crippen molar-refractivity contribution >= 4 is 10.0 Å². The maximum absolute atomic E-state index is 12.3. The molecule has 2 aliphatic carbocycles. The zero-order chi connectivity index (χ0) is 14.2. The van der Waals surface area contributed by atoms with Crippen LogP contribution in [-0.4, -0.2) is 43.9 Å². The van der Waals surface area contributed by atoms with Crippen molar-refractivity contribution in [1.82, 2.24) is 20.2 Å². The van der Waals surface area contributed by atoms with Gasteiger partial charge in [-0.15, -0.1) is 0 Å². The van der Waals surface area contributed by atoms with E-state index in [0.717, 1.165) is 12.8 Å². The number of aromatic nitrogens is 2. The van der Waals surface area contributed by atoms with Gasteiger partial charge >= 0.3 is 0 Å². The molecule has 8 heteroatoms. The van der Waals surface area contributed by atoms with E-state index < -0.39 is 10.0 Å². The van der Waals surface area contributed by atoms with Crippen molar-refractivity contribution in [3.8, 4) is 0 Å². The van der Waals surface area contributed by atoms with E-state index in [0.29, 0.717) is 18.2 Å². The Hall–Kier alpha value is -0.960. The Labute approximate surface area is 118 Å². The predicted molar refractivity (Wildman–Crippen MR) is 72.6 cm³/mol. The third-order valence-electron chi connectivity index (χ3n) is 3.86. The Morgan fingerprint density at radius 2 is 2.15 bits per heavy atom. The minimum Gasteiger partial charge on any atom is -0.381 e. The van der Waals surface area contributed by atoms with Gasteiger partial charge in [-0.1, -0.05) is 0 Å². The zero-order valence-corrected chi connectivity index (χ0v) is 12.2. The number of hydrogen-bond acceptors (Lipinski definition) is 5. The van der Waals surface area contributed by atoms with E-state index in [4.69, 9.17) is 4.74 Å². The van der Waals surface area contributed by atoms with Crippen LogP contribution in [0.25, 0.3) is 0 Å². The molecule has 2 aliphatic rings. The van der Waals surface area contributed by atoms with Gasteiger partial charge in [0.25, 0.3) is 10.0 Å². The molecule has 0 spiro atoms. The number of aromatic amines is 1. The number of rotatable bonds is 7. The quantitative estimate of drug-likeness (QED) is 0.664. The first-order valence-electron chi connectivity index (χ1n) is 6.89. The Kier molecular flexibility index (Phi) is 3.80. The van der Waals surface area contributed by atoms with Gasteiger partial charge < -0.3 is 10.1 Å². The molecule has 1 aromatic rings. The maximum atomic E-state index is 12.3. The summed E-state index contributed by atoms with van der Waals surface area (Å²) in [5, 5.41) is 9.93. The number of hydrogen-bond donors (Lipinski definition) is 3. The molecule has 0 bridgehead atoms. The van der Waals surface area contributed by atoms with Gasteiger partial charge in [0.15, 0.2) is 5.03 Å². The van der Waals surface area contributed by atoms with Gasteiger partial charge in [-0.3, -0.25) is 5.10 Å². The van der Waals surface area contributed by atoms with Gasteiger partial charge in [0.05, 0.1) is 12.3 Å². The van der Waals surface area contributed by atoms with E-state index >= 15 is 0 Å². The molecule has 0 unspecified atom stereocenters.